The predicted molar refractivity (Wildman–Crippen MR) is 76.7 cm³/mol. The van der Waals surface area contributed by atoms with Crippen molar-refractivity contribution in [2.75, 3.05) is 18.6 Å². The number of rotatable bonds is 6. The van der Waals surface area contributed by atoms with Crippen LogP contribution in [0.1, 0.15) is 36.1 Å². The number of hydrogen-bond donors (Lipinski definition) is 1. The molecule has 0 saturated heterocycles. The Morgan fingerprint density at radius 3 is 2.44 bits per heavy atom. The lowest BCUT2D eigenvalue weighted by atomic mass is 10.0. The van der Waals surface area contributed by atoms with Crippen molar-refractivity contribution in [3.05, 3.63) is 34.9 Å². The largest absolute Gasteiger partial charge is 0.312 e. The summed E-state index contributed by atoms with van der Waals surface area (Å²) in [5.74, 6) is 0.428. The van der Waals surface area contributed by atoms with Gasteiger partial charge in [-0.15, -0.1) is 0 Å². The van der Waals surface area contributed by atoms with Crippen LogP contribution < -0.4 is 5.32 Å². The van der Waals surface area contributed by atoms with Gasteiger partial charge in [0, 0.05) is 11.8 Å². The molecule has 0 saturated carbocycles. The molecule has 0 spiro atoms. The van der Waals surface area contributed by atoms with Crippen LogP contribution in [0.3, 0.4) is 0 Å². The molecule has 18 heavy (non-hydrogen) atoms. The van der Waals surface area contributed by atoms with E-state index in [4.69, 9.17) is 0 Å². The molecule has 0 bridgehead atoms. The molecule has 1 rings (SSSR count). The van der Waals surface area contributed by atoms with Crippen LogP contribution in [0.5, 0.6) is 0 Å². The maximum absolute atomic E-state index is 11.9. The van der Waals surface area contributed by atoms with E-state index in [1.807, 2.05) is 40.0 Å². The third-order valence-electron chi connectivity index (χ3n) is 3.08. The van der Waals surface area contributed by atoms with Gasteiger partial charge in [0.2, 0.25) is 0 Å². The van der Waals surface area contributed by atoms with E-state index < -0.39 is 9.84 Å². The minimum absolute atomic E-state index is 0.123. The molecule has 1 atom stereocenters. The zero-order valence-corrected chi connectivity index (χ0v) is 12.5. The van der Waals surface area contributed by atoms with Gasteiger partial charge >= 0.3 is 0 Å². The standard InChI is InChI=1S/C14H23NO2S/c1-5-8-18(16,17)10-14(15-4)13-7-6-11(2)9-12(13)3/h6-7,9,14-15H,5,8,10H2,1-4H3. The molecule has 1 N–H and O–H groups in total. The third kappa shape index (κ3) is 4.10. The van der Waals surface area contributed by atoms with Gasteiger partial charge in [0.1, 0.15) is 0 Å². The van der Waals surface area contributed by atoms with Gasteiger partial charge in [-0.2, -0.15) is 0 Å². The molecule has 0 heterocycles. The summed E-state index contributed by atoms with van der Waals surface area (Å²) in [6.07, 6.45) is 0.672. The number of sulfone groups is 1. The van der Waals surface area contributed by atoms with Gasteiger partial charge in [0.25, 0.3) is 0 Å². The van der Waals surface area contributed by atoms with Gasteiger partial charge in [-0.3, -0.25) is 0 Å². The van der Waals surface area contributed by atoms with Crippen molar-refractivity contribution in [2.45, 2.75) is 33.2 Å². The molecule has 0 aromatic heterocycles. The highest BCUT2D eigenvalue weighted by Crippen LogP contribution is 2.20. The Balaban J connectivity index is 2.97. The van der Waals surface area contributed by atoms with Crippen LogP contribution in [0.25, 0.3) is 0 Å². The van der Waals surface area contributed by atoms with Crippen molar-refractivity contribution in [3.8, 4) is 0 Å². The maximum Gasteiger partial charge on any atom is 0.152 e. The van der Waals surface area contributed by atoms with Crippen molar-refractivity contribution in [2.24, 2.45) is 0 Å². The van der Waals surface area contributed by atoms with Crippen LogP contribution in [0.4, 0.5) is 0 Å². The van der Waals surface area contributed by atoms with E-state index in [1.54, 1.807) is 0 Å². The maximum atomic E-state index is 11.9. The van der Waals surface area contributed by atoms with E-state index in [1.165, 1.54) is 5.56 Å². The number of hydrogen-bond acceptors (Lipinski definition) is 3. The fourth-order valence-corrected chi connectivity index (χ4v) is 3.84. The third-order valence-corrected chi connectivity index (χ3v) is 4.96. The second kappa shape index (κ2) is 6.34. The first kappa shape index (κ1) is 15.2. The molecule has 0 aliphatic rings. The Morgan fingerprint density at radius 1 is 1.28 bits per heavy atom. The quantitative estimate of drug-likeness (QED) is 0.862. The number of nitrogens with one attached hydrogen (secondary N) is 1. The highest BCUT2D eigenvalue weighted by molar-refractivity contribution is 7.91. The van der Waals surface area contributed by atoms with Crippen molar-refractivity contribution >= 4 is 9.84 Å². The van der Waals surface area contributed by atoms with Crippen LogP contribution >= 0.6 is 0 Å². The summed E-state index contributed by atoms with van der Waals surface area (Å²) < 4.78 is 23.8. The van der Waals surface area contributed by atoms with Crippen LogP contribution in [-0.4, -0.2) is 27.0 Å². The highest BCUT2D eigenvalue weighted by Gasteiger charge is 2.20. The Morgan fingerprint density at radius 2 is 1.94 bits per heavy atom. The topological polar surface area (TPSA) is 46.2 Å². The molecule has 0 radical (unpaired) electrons. The fraction of sp³-hybridized carbons (Fsp3) is 0.571. The molecule has 3 nitrogen and oxygen atoms in total. The molecular weight excluding hydrogens is 246 g/mol. The molecule has 0 fully saturated rings. The molecule has 1 aromatic rings. The van der Waals surface area contributed by atoms with Crippen LogP contribution in [-0.2, 0) is 9.84 Å². The van der Waals surface area contributed by atoms with Gasteiger partial charge in [0.15, 0.2) is 9.84 Å². The average molecular weight is 269 g/mol. The molecule has 0 aliphatic heterocycles. The lowest BCUT2D eigenvalue weighted by Gasteiger charge is -2.19. The second-order valence-corrected chi connectivity index (χ2v) is 7.04. The van der Waals surface area contributed by atoms with Crippen molar-refractivity contribution < 1.29 is 8.42 Å². The first-order valence-corrected chi connectivity index (χ1v) is 8.16. The highest BCUT2D eigenvalue weighted by atomic mass is 32.2. The molecule has 0 aliphatic carbocycles. The van der Waals surface area contributed by atoms with Crippen molar-refractivity contribution in [1.82, 2.24) is 5.32 Å². The minimum Gasteiger partial charge on any atom is -0.312 e. The van der Waals surface area contributed by atoms with Gasteiger partial charge in [-0.05, 0) is 38.4 Å². The predicted octanol–water partition coefficient (Wildman–Crippen LogP) is 2.39. The number of benzene rings is 1. The van der Waals surface area contributed by atoms with E-state index >= 15 is 0 Å². The number of aryl methyl sites for hydroxylation is 2. The monoisotopic (exact) mass is 269 g/mol. The first-order chi connectivity index (χ1) is 8.39. The Kier molecular flexibility index (Phi) is 5.35. The van der Waals surface area contributed by atoms with E-state index in [9.17, 15) is 8.42 Å². The lowest BCUT2D eigenvalue weighted by Crippen LogP contribution is -2.27. The zero-order valence-electron chi connectivity index (χ0n) is 11.7. The SMILES string of the molecule is CCCS(=O)(=O)CC(NC)c1ccc(C)cc1C. The molecule has 102 valence electrons. The Hall–Kier alpha value is -0.870. The van der Waals surface area contributed by atoms with Crippen molar-refractivity contribution in [3.63, 3.8) is 0 Å². The molecule has 1 unspecified atom stereocenters. The summed E-state index contributed by atoms with van der Waals surface area (Å²) in [5.41, 5.74) is 3.41. The fourth-order valence-electron chi connectivity index (χ4n) is 2.19. The van der Waals surface area contributed by atoms with E-state index in [2.05, 4.69) is 11.4 Å². The van der Waals surface area contributed by atoms with E-state index in [-0.39, 0.29) is 17.5 Å². The van der Waals surface area contributed by atoms with Crippen LogP contribution in [0.2, 0.25) is 0 Å². The summed E-state index contributed by atoms with van der Waals surface area (Å²) >= 11 is 0. The summed E-state index contributed by atoms with van der Waals surface area (Å²) in [5, 5.41) is 3.11. The summed E-state index contributed by atoms with van der Waals surface area (Å²) in [4.78, 5) is 0. The Labute approximate surface area is 111 Å². The average Bonchev–Trinajstić information content (AvgIpc) is 2.26. The van der Waals surface area contributed by atoms with Crippen LogP contribution in [0, 0.1) is 13.8 Å². The van der Waals surface area contributed by atoms with E-state index in [0.29, 0.717) is 6.42 Å². The summed E-state index contributed by atoms with van der Waals surface area (Å²) in [6.45, 7) is 5.96. The molecule has 1 aromatic carbocycles. The normalized spacial score (nSPS) is 13.6. The first-order valence-electron chi connectivity index (χ1n) is 6.34. The van der Waals surface area contributed by atoms with Crippen molar-refractivity contribution in [1.29, 1.82) is 0 Å². The second-order valence-electron chi connectivity index (χ2n) is 4.82. The van der Waals surface area contributed by atoms with Gasteiger partial charge < -0.3 is 5.32 Å². The Bertz CT molecular complexity index is 495. The molecule has 4 heteroatoms. The van der Waals surface area contributed by atoms with Gasteiger partial charge in [0.05, 0.1) is 5.75 Å². The molecule has 0 amide bonds. The van der Waals surface area contributed by atoms with Crippen LogP contribution in [0.15, 0.2) is 18.2 Å². The van der Waals surface area contributed by atoms with Gasteiger partial charge in [-0.25, -0.2) is 8.42 Å². The lowest BCUT2D eigenvalue weighted by molar-refractivity contribution is 0.572. The zero-order chi connectivity index (χ0) is 13.8. The van der Waals surface area contributed by atoms with E-state index in [0.717, 1.165) is 11.1 Å². The van der Waals surface area contributed by atoms with Gasteiger partial charge in [-0.1, -0.05) is 30.7 Å². The minimum atomic E-state index is -2.98. The molecular formula is C14H23NO2S. The summed E-state index contributed by atoms with van der Waals surface area (Å²) in [7, 11) is -1.17. The smallest absolute Gasteiger partial charge is 0.152 e. The summed E-state index contributed by atoms with van der Waals surface area (Å²) in [6, 6.07) is 6.01.